The molecule has 3 rings (SSSR count). The van der Waals surface area contributed by atoms with Gasteiger partial charge in [-0.15, -0.1) is 12.4 Å². The third-order valence-corrected chi connectivity index (χ3v) is 5.92. The topological polar surface area (TPSA) is 36.4 Å². The van der Waals surface area contributed by atoms with Gasteiger partial charge in [-0.25, -0.2) is 4.98 Å². The Balaban J connectivity index is 0.00000280. The van der Waals surface area contributed by atoms with E-state index >= 15 is 0 Å². The molecule has 2 aromatic carbocycles. The van der Waals surface area contributed by atoms with Gasteiger partial charge in [-0.1, -0.05) is 54.5 Å². The van der Waals surface area contributed by atoms with Crippen molar-refractivity contribution in [2.75, 3.05) is 31.1 Å². The standard InChI is InChI=1S/C21H24ClN3OS.ClH/c1-4-24(5-2)12-13-25(20(26)16-8-6-15(3)7-9-16)21-23-18-11-10-17(22)14-19(18)27-21;/h6-11,14H,4-5,12-13H2,1-3H3;1H. The summed E-state index contributed by atoms with van der Waals surface area (Å²) in [6.07, 6.45) is 0. The monoisotopic (exact) mass is 437 g/mol. The van der Waals surface area contributed by atoms with Crippen molar-refractivity contribution in [3.05, 3.63) is 58.6 Å². The number of hydrogen-bond acceptors (Lipinski definition) is 4. The lowest BCUT2D eigenvalue weighted by Crippen LogP contribution is -2.38. The number of rotatable bonds is 7. The van der Waals surface area contributed by atoms with Crippen molar-refractivity contribution < 1.29 is 4.79 Å². The molecule has 0 fully saturated rings. The predicted molar refractivity (Wildman–Crippen MR) is 123 cm³/mol. The number of aromatic nitrogens is 1. The number of likely N-dealkylation sites (N-methyl/N-ethyl adjacent to an activating group) is 1. The Hall–Kier alpha value is -1.66. The summed E-state index contributed by atoms with van der Waals surface area (Å²) in [4.78, 5) is 22.0. The van der Waals surface area contributed by atoms with Crippen LogP contribution in [-0.2, 0) is 0 Å². The summed E-state index contributed by atoms with van der Waals surface area (Å²) >= 11 is 7.62. The van der Waals surface area contributed by atoms with Gasteiger partial charge in [0.05, 0.1) is 10.2 Å². The minimum atomic E-state index is -0.0210. The molecule has 0 spiro atoms. The van der Waals surface area contributed by atoms with E-state index in [0.717, 1.165) is 35.4 Å². The number of benzene rings is 2. The molecular weight excluding hydrogens is 413 g/mol. The average molecular weight is 438 g/mol. The van der Waals surface area contributed by atoms with Crippen molar-refractivity contribution in [1.82, 2.24) is 9.88 Å². The van der Waals surface area contributed by atoms with E-state index in [1.807, 2.05) is 49.4 Å². The fraction of sp³-hybridized carbons (Fsp3) is 0.333. The van der Waals surface area contributed by atoms with Crippen molar-refractivity contribution in [2.45, 2.75) is 20.8 Å². The van der Waals surface area contributed by atoms with Gasteiger partial charge in [0.25, 0.3) is 5.91 Å². The largest absolute Gasteiger partial charge is 0.302 e. The van der Waals surface area contributed by atoms with Crippen molar-refractivity contribution in [3.8, 4) is 0 Å². The van der Waals surface area contributed by atoms with Crippen LogP contribution in [0, 0.1) is 6.92 Å². The first kappa shape index (κ1) is 22.6. The summed E-state index contributed by atoms with van der Waals surface area (Å²) in [6, 6.07) is 13.3. The molecule has 7 heteroatoms. The molecule has 0 unspecified atom stereocenters. The minimum Gasteiger partial charge on any atom is -0.302 e. The maximum Gasteiger partial charge on any atom is 0.260 e. The first-order valence-electron chi connectivity index (χ1n) is 9.18. The highest BCUT2D eigenvalue weighted by Gasteiger charge is 2.22. The summed E-state index contributed by atoms with van der Waals surface area (Å²) in [5, 5.41) is 1.39. The zero-order valence-corrected chi connectivity index (χ0v) is 18.7. The molecule has 0 bridgehead atoms. The van der Waals surface area contributed by atoms with Crippen LogP contribution in [0.4, 0.5) is 5.13 Å². The quantitative estimate of drug-likeness (QED) is 0.477. The normalized spacial score (nSPS) is 10.9. The van der Waals surface area contributed by atoms with Crippen molar-refractivity contribution in [3.63, 3.8) is 0 Å². The lowest BCUT2D eigenvalue weighted by molar-refractivity contribution is 0.0984. The molecule has 1 amide bonds. The zero-order valence-electron chi connectivity index (χ0n) is 16.3. The van der Waals surface area contributed by atoms with Gasteiger partial charge in [-0.2, -0.15) is 0 Å². The fourth-order valence-corrected chi connectivity index (χ4v) is 4.19. The molecule has 28 heavy (non-hydrogen) atoms. The fourth-order valence-electron chi connectivity index (χ4n) is 2.92. The van der Waals surface area contributed by atoms with Gasteiger partial charge in [0.1, 0.15) is 0 Å². The molecular formula is C21H25Cl2N3OS. The summed E-state index contributed by atoms with van der Waals surface area (Å²) < 4.78 is 0.988. The summed E-state index contributed by atoms with van der Waals surface area (Å²) in [5.74, 6) is -0.0210. The number of fused-ring (bicyclic) bond motifs is 1. The van der Waals surface area contributed by atoms with E-state index in [1.165, 1.54) is 11.3 Å². The Morgan fingerprint density at radius 1 is 1.07 bits per heavy atom. The molecule has 0 radical (unpaired) electrons. The van der Waals surface area contributed by atoms with Gasteiger partial charge in [0.15, 0.2) is 5.13 Å². The van der Waals surface area contributed by atoms with Gasteiger partial charge in [-0.3, -0.25) is 9.69 Å². The van der Waals surface area contributed by atoms with E-state index in [2.05, 4.69) is 18.7 Å². The average Bonchev–Trinajstić information content (AvgIpc) is 3.08. The maximum atomic E-state index is 13.2. The third kappa shape index (κ3) is 5.23. The van der Waals surface area contributed by atoms with Gasteiger partial charge < -0.3 is 4.90 Å². The molecule has 0 saturated carbocycles. The number of anilines is 1. The molecule has 4 nitrogen and oxygen atoms in total. The van der Waals surface area contributed by atoms with Crippen LogP contribution >= 0.6 is 35.3 Å². The number of nitrogens with zero attached hydrogens (tertiary/aromatic N) is 3. The molecule has 0 N–H and O–H groups in total. The molecule has 0 aliphatic carbocycles. The van der Waals surface area contributed by atoms with E-state index in [9.17, 15) is 4.79 Å². The third-order valence-electron chi connectivity index (χ3n) is 4.65. The number of thiazole rings is 1. The number of carbonyl (C=O) groups is 1. The van der Waals surface area contributed by atoms with E-state index in [1.54, 1.807) is 4.90 Å². The Morgan fingerprint density at radius 2 is 1.75 bits per heavy atom. The first-order valence-corrected chi connectivity index (χ1v) is 10.4. The number of amides is 1. The summed E-state index contributed by atoms with van der Waals surface area (Å²) in [5.41, 5.74) is 2.68. The van der Waals surface area contributed by atoms with Crippen LogP contribution in [0.1, 0.15) is 29.8 Å². The van der Waals surface area contributed by atoms with Crippen LogP contribution in [0.15, 0.2) is 42.5 Å². The molecule has 1 aromatic heterocycles. The highest BCUT2D eigenvalue weighted by molar-refractivity contribution is 7.22. The van der Waals surface area contributed by atoms with Gasteiger partial charge in [0, 0.05) is 23.7 Å². The van der Waals surface area contributed by atoms with Crippen LogP contribution < -0.4 is 4.90 Å². The Bertz CT molecular complexity index is 923. The van der Waals surface area contributed by atoms with Crippen molar-refractivity contribution >= 4 is 56.6 Å². The van der Waals surface area contributed by atoms with Crippen LogP contribution in [0.5, 0.6) is 0 Å². The lowest BCUT2D eigenvalue weighted by atomic mass is 10.1. The highest BCUT2D eigenvalue weighted by Crippen LogP contribution is 2.31. The molecule has 0 saturated heterocycles. The van der Waals surface area contributed by atoms with Crippen LogP contribution in [0.2, 0.25) is 5.02 Å². The smallest absolute Gasteiger partial charge is 0.260 e. The molecule has 3 aromatic rings. The molecule has 0 aliphatic heterocycles. The van der Waals surface area contributed by atoms with Crippen molar-refractivity contribution in [2.24, 2.45) is 0 Å². The second-order valence-corrected chi connectivity index (χ2v) is 7.90. The SMILES string of the molecule is CCN(CC)CCN(C(=O)c1ccc(C)cc1)c1nc2ccc(Cl)cc2s1.Cl. The number of hydrogen-bond donors (Lipinski definition) is 0. The summed E-state index contributed by atoms with van der Waals surface area (Å²) in [7, 11) is 0. The lowest BCUT2D eigenvalue weighted by Gasteiger charge is -2.24. The minimum absolute atomic E-state index is 0. The first-order chi connectivity index (χ1) is 13.0. The van der Waals surface area contributed by atoms with E-state index in [0.29, 0.717) is 22.3 Å². The van der Waals surface area contributed by atoms with E-state index in [-0.39, 0.29) is 18.3 Å². The molecule has 150 valence electrons. The maximum absolute atomic E-state index is 13.2. The number of halogens is 2. The van der Waals surface area contributed by atoms with E-state index in [4.69, 9.17) is 16.6 Å². The zero-order chi connectivity index (χ0) is 19.4. The highest BCUT2D eigenvalue weighted by atomic mass is 35.5. The van der Waals surface area contributed by atoms with Gasteiger partial charge in [-0.05, 0) is 50.3 Å². The Labute approximate surface area is 181 Å². The van der Waals surface area contributed by atoms with Gasteiger partial charge in [0.2, 0.25) is 0 Å². The molecule has 0 atom stereocenters. The van der Waals surface area contributed by atoms with Crippen LogP contribution in [-0.4, -0.2) is 42.0 Å². The second kappa shape index (κ2) is 10.2. The molecule has 1 heterocycles. The van der Waals surface area contributed by atoms with Gasteiger partial charge >= 0.3 is 0 Å². The Kier molecular flexibility index (Phi) is 8.25. The number of carbonyl (C=O) groups excluding carboxylic acids is 1. The van der Waals surface area contributed by atoms with Crippen molar-refractivity contribution in [1.29, 1.82) is 0 Å². The predicted octanol–water partition coefficient (Wildman–Crippen LogP) is 5.67. The second-order valence-electron chi connectivity index (χ2n) is 6.46. The number of aryl methyl sites for hydroxylation is 1. The Morgan fingerprint density at radius 3 is 2.39 bits per heavy atom. The van der Waals surface area contributed by atoms with Crippen LogP contribution in [0.25, 0.3) is 10.2 Å². The molecule has 0 aliphatic rings. The van der Waals surface area contributed by atoms with Crippen LogP contribution in [0.3, 0.4) is 0 Å². The van der Waals surface area contributed by atoms with E-state index < -0.39 is 0 Å². The summed E-state index contributed by atoms with van der Waals surface area (Å²) in [6.45, 7) is 9.61.